The number of benzene rings is 1. The van der Waals surface area contributed by atoms with Gasteiger partial charge in [0.25, 0.3) is 0 Å². The first-order chi connectivity index (χ1) is 9.35. The number of rotatable bonds is 2. The van der Waals surface area contributed by atoms with E-state index < -0.39 is 0 Å². The minimum Gasteiger partial charge on any atom is -0.496 e. The van der Waals surface area contributed by atoms with Crippen molar-refractivity contribution in [2.75, 3.05) is 14.2 Å². The van der Waals surface area contributed by atoms with Crippen molar-refractivity contribution in [2.45, 2.75) is 57.8 Å². The van der Waals surface area contributed by atoms with Crippen LogP contribution in [0.2, 0.25) is 0 Å². The van der Waals surface area contributed by atoms with Gasteiger partial charge in [-0.25, -0.2) is 0 Å². The Labute approximate surface area is 117 Å². The first-order valence-corrected chi connectivity index (χ1v) is 7.59. The van der Waals surface area contributed by atoms with E-state index in [-0.39, 0.29) is 0 Å². The number of hydrogen-bond donors (Lipinski definition) is 0. The van der Waals surface area contributed by atoms with Gasteiger partial charge in [-0.15, -0.1) is 0 Å². The van der Waals surface area contributed by atoms with Gasteiger partial charge in [0.2, 0.25) is 0 Å². The van der Waals surface area contributed by atoms with Crippen molar-refractivity contribution in [2.24, 2.45) is 0 Å². The fourth-order valence-corrected chi connectivity index (χ4v) is 2.93. The summed E-state index contributed by atoms with van der Waals surface area (Å²) in [6, 6.07) is 4.37. The zero-order valence-corrected chi connectivity index (χ0v) is 12.3. The molecule has 0 N–H and O–H groups in total. The van der Waals surface area contributed by atoms with Crippen LogP contribution in [0, 0.1) is 0 Å². The van der Waals surface area contributed by atoms with Crippen molar-refractivity contribution in [1.82, 2.24) is 0 Å². The molecular weight excluding hydrogens is 236 g/mol. The van der Waals surface area contributed by atoms with Crippen molar-refractivity contribution < 1.29 is 9.47 Å². The summed E-state index contributed by atoms with van der Waals surface area (Å²) in [4.78, 5) is 0. The van der Waals surface area contributed by atoms with Crippen molar-refractivity contribution in [3.63, 3.8) is 0 Å². The second kappa shape index (κ2) is 7.42. The normalized spacial score (nSPS) is 17.2. The third kappa shape index (κ3) is 3.89. The summed E-state index contributed by atoms with van der Waals surface area (Å²) >= 11 is 0. The molecule has 1 aromatic rings. The summed E-state index contributed by atoms with van der Waals surface area (Å²) < 4.78 is 11.1. The van der Waals surface area contributed by atoms with E-state index in [0.717, 1.165) is 24.3 Å². The Morgan fingerprint density at radius 3 is 1.37 bits per heavy atom. The molecular formula is C17H26O2. The molecule has 0 aliphatic heterocycles. The van der Waals surface area contributed by atoms with Crippen LogP contribution >= 0.6 is 0 Å². The van der Waals surface area contributed by atoms with Gasteiger partial charge in [-0.05, 0) is 48.9 Å². The molecule has 0 fully saturated rings. The van der Waals surface area contributed by atoms with Gasteiger partial charge in [0, 0.05) is 0 Å². The summed E-state index contributed by atoms with van der Waals surface area (Å²) in [6.07, 6.45) is 11.5. The zero-order valence-electron chi connectivity index (χ0n) is 12.3. The highest BCUT2D eigenvalue weighted by atomic mass is 16.5. The second-order valence-corrected chi connectivity index (χ2v) is 5.45. The molecule has 2 heteroatoms. The van der Waals surface area contributed by atoms with E-state index in [9.17, 15) is 0 Å². The molecule has 0 radical (unpaired) electrons. The van der Waals surface area contributed by atoms with Crippen LogP contribution in [-0.4, -0.2) is 14.2 Å². The van der Waals surface area contributed by atoms with Gasteiger partial charge in [0.1, 0.15) is 11.5 Å². The Hall–Kier alpha value is -1.18. The minimum absolute atomic E-state index is 1.04. The lowest BCUT2D eigenvalue weighted by atomic mass is 10.0. The quantitative estimate of drug-likeness (QED) is 0.779. The molecule has 2 aliphatic rings. The smallest absolute Gasteiger partial charge is 0.122 e. The van der Waals surface area contributed by atoms with Crippen molar-refractivity contribution >= 4 is 0 Å². The Balaban J connectivity index is 2.26. The molecule has 1 aromatic carbocycles. The van der Waals surface area contributed by atoms with Crippen LogP contribution in [0.15, 0.2) is 12.1 Å². The molecule has 3 rings (SSSR count). The molecule has 0 unspecified atom stereocenters. The fourth-order valence-electron chi connectivity index (χ4n) is 2.93. The minimum atomic E-state index is 1.04. The molecule has 2 aliphatic carbocycles. The summed E-state index contributed by atoms with van der Waals surface area (Å²) in [7, 11) is 3.54. The maximum atomic E-state index is 5.56. The number of ether oxygens (including phenoxy) is 2. The Morgan fingerprint density at radius 2 is 1.00 bits per heavy atom. The predicted octanol–water partition coefficient (Wildman–Crippen LogP) is 4.53. The number of methoxy groups -OCH3 is 2. The van der Waals surface area contributed by atoms with Gasteiger partial charge in [0.05, 0.1) is 14.2 Å². The lowest BCUT2D eigenvalue weighted by molar-refractivity contribution is 0.394. The average molecular weight is 262 g/mol. The van der Waals surface area contributed by atoms with E-state index >= 15 is 0 Å². The summed E-state index contributed by atoms with van der Waals surface area (Å²) in [6.45, 7) is 0. The molecule has 19 heavy (non-hydrogen) atoms. The number of aryl methyl sites for hydroxylation is 2. The predicted molar refractivity (Wildman–Crippen MR) is 79.3 cm³/mol. The molecule has 0 atom stereocenters. The molecule has 2 bridgehead atoms. The van der Waals surface area contributed by atoms with E-state index in [1.165, 1.54) is 56.1 Å². The molecule has 0 spiro atoms. The van der Waals surface area contributed by atoms with Gasteiger partial charge >= 0.3 is 0 Å². The maximum absolute atomic E-state index is 5.56. The zero-order chi connectivity index (χ0) is 13.5. The van der Waals surface area contributed by atoms with Crippen LogP contribution in [0.1, 0.15) is 56.1 Å². The molecule has 2 nitrogen and oxygen atoms in total. The highest BCUT2D eigenvalue weighted by Gasteiger charge is 2.11. The maximum Gasteiger partial charge on any atom is 0.122 e. The highest BCUT2D eigenvalue weighted by Crippen LogP contribution is 2.31. The highest BCUT2D eigenvalue weighted by molar-refractivity contribution is 5.46. The second-order valence-electron chi connectivity index (χ2n) is 5.45. The molecule has 0 aromatic heterocycles. The van der Waals surface area contributed by atoms with Crippen LogP contribution < -0.4 is 9.47 Å². The van der Waals surface area contributed by atoms with Gasteiger partial charge in [0.15, 0.2) is 0 Å². The molecule has 0 saturated heterocycles. The molecule has 0 amide bonds. The van der Waals surface area contributed by atoms with E-state index in [4.69, 9.17) is 9.47 Å². The Morgan fingerprint density at radius 1 is 0.632 bits per heavy atom. The Bertz CT molecular complexity index is 361. The first kappa shape index (κ1) is 14.2. The summed E-state index contributed by atoms with van der Waals surface area (Å²) in [5.41, 5.74) is 2.59. The third-order valence-corrected chi connectivity index (χ3v) is 4.08. The summed E-state index contributed by atoms with van der Waals surface area (Å²) in [5, 5.41) is 0. The topological polar surface area (TPSA) is 18.5 Å². The first-order valence-electron chi connectivity index (χ1n) is 7.59. The molecule has 0 saturated carbocycles. The monoisotopic (exact) mass is 262 g/mol. The van der Waals surface area contributed by atoms with Crippen molar-refractivity contribution in [3.8, 4) is 11.5 Å². The van der Waals surface area contributed by atoms with Crippen LogP contribution in [-0.2, 0) is 12.8 Å². The van der Waals surface area contributed by atoms with Gasteiger partial charge < -0.3 is 9.47 Å². The lowest BCUT2D eigenvalue weighted by Crippen LogP contribution is -1.99. The van der Waals surface area contributed by atoms with E-state index in [2.05, 4.69) is 12.1 Å². The third-order valence-electron chi connectivity index (χ3n) is 4.08. The standard InChI is InChI=1S/C17H26O2/c1-18-16-12-15-11-9-7-5-3-4-6-8-10-14(16)13-17(15)19-2/h12-13H,3-11H2,1-2H3. The van der Waals surface area contributed by atoms with Gasteiger partial charge in [-0.3, -0.25) is 0 Å². The van der Waals surface area contributed by atoms with Crippen LogP contribution in [0.4, 0.5) is 0 Å². The van der Waals surface area contributed by atoms with E-state index in [1.807, 2.05) is 0 Å². The largest absolute Gasteiger partial charge is 0.496 e. The number of hydrogen-bond acceptors (Lipinski definition) is 2. The SMILES string of the molecule is COc1cc2c(OC)cc1CCCCCCCCC2. The molecule has 0 heterocycles. The average Bonchev–Trinajstić information content (AvgIpc) is 2.48. The van der Waals surface area contributed by atoms with Crippen LogP contribution in [0.5, 0.6) is 11.5 Å². The number of fused-ring (bicyclic) bond motifs is 10. The molecule has 106 valence electrons. The summed E-state index contributed by atoms with van der Waals surface area (Å²) in [5.74, 6) is 2.07. The van der Waals surface area contributed by atoms with E-state index in [1.54, 1.807) is 14.2 Å². The lowest BCUT2D eigenvalue weighted by Gasteiger charge is -2.14. The fraction of sp³-hybridized carbons (Fsp3) is 0.647. The van der Waals surface area contributed by atoms with Gasteiger partial charge in [-0.2, -0.15) is 0 Å². The van der Waals surface area contributed by atoms with Crippen LogP contribution in [0.3, 0.4) is 0 Å². The van der Waals surface area contributed by atoms with E-state index in [0.29, 0.717) is 0 Å². The van der Waals surface area contributed by atoms with Gasteiger partial charge in [-0.1, -0.05) is 32.1 Å². The van der Waals surface area contributed by atoms with Crippen molar-refractivity contribution in [3.05, 3.63) is 23.3 Å². The van der Waals surface area contributed by atoms with Crippen molar-refractivity contribution in [1.29, 1.82) is 0 Å². The van der Waals surface area contributed by atoms with Crippen LogP contribution in [0.25, 0.3) is 0 Å². The Kier molecular flexibility index (Phi) is 5.56.